The summed E-state index contributed by atoms with van der Waals surface area (Å²) in [7, 11) is 0. The highest BCUT2D eigenvalue weighted by atomic mass is 16.3. The van der Waals surface area contributed by atoms with E-state index in [1.165, 1.54) is 9.58 Å². The largest absolute Gasteiger partial charge is 0.508 e. The molecule has 0 aliphatic carbocycles. The molecule has 5 rings (SSSR count). The normalized spacial score (nSPS) is 11.8. The molecule has 0 saturated heterocycles. The summed E-state index contributed by atoms with van der Waals surface area (Å²) in [6.45, 7) is 3.44. The molecule has 190 valence electrons. The van der Waals surface area contributed by atoms with Gasteiger partial charge in [-0.05, 0) is 99.9 Å². The van der Waals surface area contributed by atoms with Crippen LogP contribution in [0.5, 0.6) is 17.2 Å². The Balaban J connectivity index is 1.60. The Morgan fingerprint density at radius 1 is 0.684 bits per heavy atom. The summed E-state index contributed by atoms with van der Waals surface area (Å²) in [5.41, 5.74) is 3.08. The summed E-state index contributed by atoms with van der Waals surface area (Å²) in [4.78, 5) is 2.57. The maximum absolute atomic E-state index is 10.9. The topological polar surface area (TPSA) is 173 Å². The second-order valence-electron chi connectivity index (χ2n) is 8.38. The zero-order valence-corrected chi connectivity index (χ0v) is 20.3. The Hall–Kier alpha value is -5.46. The molecule has 2 aromatic heterocycles. The molecule has 5 aromatic rings. The van der Waals surface area contributed by atoms with Crippen LogP contribution in [-0.2, 0) is 0 Å². The van der Waals surface area contributed by atoms with E-state index in [1.54, 1.807) is 86.9 Å². The number of aryl methyl sites for hydroxylation is 2. The van der Waals surface area contributed by atoms with E-state index >= 15 is 0 Å². The molecule has 38 heavy (non-hydrogen) atoms. The fourth-order valence-electron chi connectivity index (χ4n) is 3.87. The van der Waals surface area contributed by atoms with Gasteiger partial charge < -0.3 is 15.3 Å². The molecule has 0 aliphatic heterocycles. The van der Waals surface area contributed by atoms with E-state index in [0.29, 0.717) is 33.9 Å². The highest BCUT2D eigenvalue weighted by Gasteiger charge is 2.24. The van der Waals surface area contributed by atoms with Gasteiger partial charge in [-0.15, -0.1) is 19.8 Å². The van der Waals surface area contributed by atoms with Crippen LogP contribution in [0.15, 0.2) is 70.9 Å². The van der Waals surface area contributed by atoms with Crippen LogP contribution in [0.3, 0.4) is 0 Å². The number of rotatable bonds is 7. The molecule has 0 amide bonds. The van der Waals surface area contributed by atoms with Gasteiger partial charge in [-0.2, -0.15) is 10.2 Å². The molecule has 0 aliphatic rings. The van der Waals surface area contributed by atoms with E-state index in [1.807, 2.05) is 0 Å². The predicted molar refractivity (Wildman–Crippen MR) is 136 cm³/mol. The average molecular weight is 513 g/mol. The lowest BCUT2D eigenvalue weighted by Crippen LogP contribution is -2.06. The van der Waals surface area contributed by atoms with Crippen molar-refractivity contribution in [1.82, 2.24) is 40.6 Å². The van der Waals surface area contributed by atoms with Crippen LogP contribution in [0.2, 0.25) is 0 Å². The Morgan fingerprint density at radius 3 is 1.58 bits per heavy atom. The third-order valence-corrected chi connectivity index (χ3v) is 5.79. The SMILES string of the molecule is Cc1nnnn1/N=[13CH]/c1ccc(O)c([13CH](c2ccc(O)cc2)c2cc(/[13CH]=N/n3nnnc3C)ccc2O)c1. The first-order valence-corrected chi connectivity index (χ1v) is 11.4. The lowest BCUT2D eigenvalue weighted by molar-refractivity contribution is 0.458. The van der Waals surface area contributed by atoms with E-state index in [-0.39, 0.29) is 17.2 Å². The summed E-state index contributed by atoms with van der Waals surface area (Å²) in [5, 5.41) is 62.6. The number of hydrogen-bond acceptors (Lipinski definition) is 11. The summed E-state index contributed by atoms with van der Waals surface area (Å²) >= 11 is 0. The van der Waals surface area contributed by atoms with Gasteiger partial charge in [0.25, 0.3) is 0 Å². The van der Waals surface area contributed by atoms with Gasteiger partial charge in [0.05, 0.1) is 12.4 Å². The smallest absolute Gasteiger partial charge is 0.173 e. The summed E-state index contributed by atoms with van der Waals surface area (Å²) in [6, 6.07) is 16.6. The number of benzene rings is 3. The van der Waals surface area contributed by atoms with Crippen molar-refractivity contribution in [2.24, 2.45) is 10.2 Å². The Morgan fingerprint density at radius 2 is 1.16 bits per heavy atom. The first-order chi connectivity index (χ1) is 18.4. The molecule has 0 spiro atoms. The Labute approximate surface area is 216 Å². The van der Waals surface area contributed by atoms with Gasteiger partial charge >= 0.3 is 0 Å². The quantitative estimate of drug-likeness (QED) is 0.168. The van der Waals surface area contributed by atoms with Crippen molar-refractivity contribution in [3.8, 4) is 17.2 Å². The number of phenols is 3. The van der Waals surface area contributed by atoms with Crippen LogP contribution in [0.25, 0.3) is 0 Å². The van der Waals surface area contributed by atoms with Gasteiger partial charge in [0.15, 0.2) is 11.6 Å². The second-order valence-corrected chi connectivity index (χ2v) is 8.38. The minimum absolute atomic E-state index is 0.0154. The van der Waals surface area contributed by atoms with Gasteiger partial charge in [-0.1, -0.05) is 12.1 Å². The van der Waals surface area contributed by atoms with E-state index < -0.39 is 5.92 Å². The van der Waals surface area contributed by atoms with Crippen LogP contribution >= 0.6 is 0 Å². The van der Waals surface area contributed by atoms with Crippen molar-refractivity contribution in [1.29, 1.82) is 0 Å². The Kier molecular flexibility index (Phi) is 6.55. The van der Waals surface area contributed by atoms with Crippen molar-refractivity contribution >= 4 is 12.4 Å². The van der Waals surface area contributed by atoms with E-state index in [9.17, 15) is 15.3 Å². The number of nitrogens with zero attached hydrogens (tertiary/aromatic N) is 10. The first-order valence-electron chi connectivity index (χ1n) is 11.4. The molecule has 0 radical (unpaired) electrons. The van der Waals surface area contributed by atoms with Crippen molar-refractivity contribution < 1.29 is 15.3 Å². The molecule has 3 aromatic carbocycles. The van der Waals surface area contributed by atoms with Gasteiger partial charge in [0.1, 0.15) is 17.2 Å². The van der Waals surface area contributed by atoms with Crippen LogP contribution in [-0.4, -0.2) is 68.4 Å². The maximum Gasteiger partial charge on any atom is 0.173 e. The van der Waals surface area contributed by atoms with Crippen LogP contribution < -0.4 is 0 Å². The van der Waals surface area contributed by atoms with Crippen LogP contribution in [0, 0.1) is 13.8 Å². The molecular weight excluding hydrogens is 491 g/mol. The van der Waals surface area contributed by atoms with Gasteiger partial charge in [0, 0.05) is 17.0 Å². The molecule has 0 unspecified atom stereocenters. The molecule has 13 heteroatoms. The lowest BCUT2D eigenvalue weighted by Gasteiger charge is -2.22. The second kappa shape index (κ2) is 10.3. The number of aromatic nitrogens is 8. The first kappa shape index (κ1) is 24.2. The van der Waals surface area contributed by atoms with Gasteiger partial charge in [-0.3, -0.25) is 0 Å². The molecule has 2 heterocycles. The van der Waals surface area contributed by atoms with Crippen molar-refractivity contribution in [3.05, 3.63) is 100 Å². The highest BCUT2D eigenvalue weighted by molar-refractivity contribution is 5.82. The van der Waals surface area contributed by atoms with E-state index in [0.717, 1.165) is 5.56 Å². The molecule has 3 N–H and O–H groups in total. The molecule has 0 bridgehead atoms. The summed E-state index contributed by atoms with van der Waals surface area (Å²) in [5.74, 6) is 0.548. The fourth-order valence-corrected chi connectivity index (χ4v) is 3.87. The van der Waals surface area contributed by atoms with Crippen LogP contribution in [0.4, 0.5) is 0 Å². The standard InChI is InChI=1S/C25H22N10O3/c1-15-28-30-32-34(15)26-13-17-3-9-23(37)21(11-17)25(19-5-7-20(36)8-6-19)22-12-18(4-10-24(22)38)14-27-35-16(2)29-31-33-35/h3-14,25,36-38H,1-2H3/b26-13+,27-14+/i13+1,14+1,25+1. The summed E-state index contributed by atoms with van der Waals surface area (Å²) < 4.78 is 0. The number of hydrogen-bond donors (Lipinski definition) is 3. The van der Waals surface area contributed by atoms with E-state index in [2.05, 4.69) is 41.3 Å². The molecule has 0 saturated carbocycles. The zero-order valence-electron chi connectivity index (χ0n) is 20.3. The van der Waals surface area contributed by atoms with Crippen LogP contribution in [0.1, 0.15) is 45.4 Å². The van der Waals surface area contributed by atoms with Gasteiger partial charge in [0.2, 0.25) is 0 Å². The minimum atomic E-state index is -0.609. The summed E-state index contributed by atoms with van der Waals surface area (Å²) in [6.07, 6.45) is 3.13. The van der Waals surface area contributed by atoms with Crippen molar-refractivity contribution in [2.75, 3.05) is 0 Å². The maximum atomic E-state index is 10.9. The third kappa shape index (κ3) is 5.06. The van der Waals surface area contributed by atoms with Crippen molar-refractivity contribution in [2.45, 2.75) is 19.8 Å². The number of phenolic OH excluding ortho intramolecular Hbond substituents is 3. The predicted octanol–water partition coefficient (Wildman–Crippen LogP) is 2.34. The monoisotopic (exact) mass is 513 g/mol. The molecule has 0 atom stereocenters. The minimum Gasteiger partial charge on any atom is -0.508 e. The highest BCUT2D eigenvalue weighted by Crippen LogP contribution is 2.41. The van der Waals surface area contributed by atoms with E-state index in [4.69, 9.17) is 0 Å². The molecular formula is C25H22N10O3. The molecule has 13 nitrogen and oxygen atoms in total. The lowest BCUT2D eigenvalue weighted by atomic mass is 10.0. The average Bonchev–Trinajstić information content (AvgIpc) is 3.52. The fraction of sp³-hybridized carbons (Fsp3) is 0.120. The van der Waals surface area contributed by atoms with Gasteiger partial charge in [-0.25, -0.2) is 0 Å². The number of tetrazole rings is 2. The number of aromatic hydroxyl groups is 3. The zero-order chi connectivity index (χ0) is 26.6. The molecule has 0 fully saturated rings. The Bertz CT molecular complexity index is 1540. The van der Waals surface area contributed by atoms with Crippen molar-refractivity contribution in [3.63, 3.8) is 0 Å². The third-order valence-electron chi connectivity index (χ3n) is 5.79.